The number of thioether (sulfide) groups is 1. The number of aromatic nitrogens is 5. The lowest BCUT2D eigenvalue weighted by Gasteiger charge is -2.15. The van der Waals surface area contributed by atoms with E-state index in [-0.39, 0.29) is 11.7 Å². The summed E-state index contributed by atoms with van der Waals surface area (Å²) in [7, 11) is 1.79. The van der Waals surface area contributed by atoms with Gasteiger partial charge in [-0.2, -0.15) is 0 Å². The lowest BCUT2D eigenvalue weighted by atomic mass is 10.2. The molecule has 0 spiro atoms. The normalized spacial score (nSPS) is 11.0. The minimum absolute atomic E-state index is 0.0125. The second kappa shape index (κ2) is 8.49. The van der Waals surface area contributed by atoms with Crippen molar-refractivity contribution in [2.24, 2.45) is 0 Å². The van der Waals surface area contributed by atoms with Crippen molar-refractivity contribution < 1.29 is 4.79 Å². The fourth-order valence-electron chi connectivity index (χ4n) is 2.67. The predicted molar refractivity (Wildman–Crippen MR) is 110 cm³/mol. The van der Waals surface area contributed by atoms with Crippen LogP contribution in [0, 0.1) is 0 Å². The van der Waals surface area contributed by atoms with Gasteiger partial charge in [0, 0.05) is 7.05 Å². The van der Waals surface area contributed by atoms with Crippen molar-refractivity contribution in [3.8, 4) is 0 Å². The van der Waals surface area contributed by atoms with Crippen LogP contribution in [0.2, 0.25) is 0 Å². The third kappa shape index (κ3) is 4.37. The molecule has 2 aromatic heterocycles. The summed E-state index contributed by atoms with van der Waals surface area (Å²) < 4.78 is 2.84. The summed E-state index contributed by atoms with van der Waals surface area (Å²) in [4.78, 5) is 18.8. The van der Waals surface area contributed by atoms with E-state index in [1.807, 2.05) is 54.6 Å². The molecule has 0 unspecified atom stereocenters. The number of hydrogen-bond donors (Lipinski definition) is 0. The molecule has 28 heavy (non-hydrogen) atoms. The van der Waals surface area contributed by atoms with E-state index in [1.54, 1.807) is 28.0 Å². The molecule has 1 amide bonds. The number of rotatable bonds is 7. The molecule has 0 N–H and O–H groups in total. The average molecular weight is 411 g/mol. The second-order valence-corrected chi connectivity index (χ2v) is 8.28. The number of amides is 1. The lowest BCUT2D eigenvalue weighted by molar-refractivity contribution is -0.127. The van der Waals surface area contributed by atoms with Gasteiger partial charge in [0.05, 0.1) is 29.1 Å². The van der Waals surface area contributed by atoms with Crippen LogP contribution in [0.25, 0.3) is 10.2 Å². The van der Waals surface area contributed by atoms with Gasteiger partial charge in [0.25, 0.3) is 0 Å². The molecular formula is C19H18N6OS2. The predicted octanol–water partition coefficient (Wildman–Crippen LogP) is 3.08. The number of fused-ring (bicyclic) bond motifs is 1. The molecule has 4 rings (SSSR count). The Morgan fingerprint density at radius 1 is 1.14 bits per heavy atom. The van der Waals surface area contributed by atoms with Gasteiger partial charge >= 0.3 is 0 Å². The first-order valence-electron chi connectivity index (χ1n) is 8.70. The Morgan fingerprint density at radius 2 is 1.93 bits per heavy atom. The zero-order valence-electron chi connectivity index (χ0n) is 15.2. The smallest absolute Gasteiger partial charge is 0.233 e. The molecule has 142 valence electrons. The van der Waals surface area contributed by atoms with Crippen LogP contribution in [0.15, 0.2) is 59.8 Å². The van der Waals surface area contributed by atoms with E-state index >= 15 is 0 Å². The third-order valence-electron chi connectivity index (χ3n) is 4.14. The summed E-state index contributed by atoms with van der Waals surface area (Å²) in [6.45, 7) is 1.07. The van der Waals surface area contributed by atoms with Crippen molar-refractivity contribution >= 4 is 39.2 Å². The molecule has 0 aliphatic rings. The molecule has 0 atom stereocenters. The summed E-state index contributed by atoms with van der Waals surface area (Å²) in [6.07, 6.45) is 0. The van der Waals surface area contributed by atoms with E-state index in [9.17, 15) is 4.79 Å². The summed E-state index contributed by atoms with van der Waals surface area (Å²) in [5.74, 6) is 0.287. The van der Waals surface area contributed by atoms with Gasteiger partial charge in [0.15, 0.2) is 0 Å². The zero-order chi connectivity index (χ0) is 19.3. The summed E-state index contributed by atoms with van der Waals surface area (Å²) in [5.41, 5.74) is 2.08. The maximum Gasteiger partial charge on any atom is 0.233 e. The SMILES string of the molecule is CN(Cc1nc2ccccc2s1)C(=O)CSc1nnnn1Cc1ccccc1. The minimum Gasteiger partial charge on any atom is -0.338 e. The van der Waals surface area contributed by atoms with Crippen molar-refractivity contribution in [3.05, 3.63) is 65.2 Å². The molecule has 2 aromatic carbocycles. The van der Waals surface area contributed by atoms with Gasteiger partial charge in [-0.25, -0.2) is 9.67 Å². The standard InChI is InChI=1S/C19H18N6OS2/c1-24(12-17-20-15-9-5-6-10-16(15)28-17)18(26)13-27-19-21-22-23-25(19)11-14-7-3-2-4-8-14/h2-10H,11-13H2,1H3. The minimum atomic E-state index is 0.0125. The van der Waals surface area contributed by atoms with Crippen LogP contribution in [-0.2, 0) is 17.9 Å². The van der Waals surface area contributed by atoms with Gasteiger partial charge in [-0.15, -0.1) is 16.4 Å². The van der Waals surface area contributed by atoms with Crippen molar-refractivity contribution in [2.45, 2.75) is 18.2 Å². The molecule has 0 radical (unpaired) electrons. The molecular weight excluding hydrogens is 392 g/mol. The number of benzene rings is 2. The van der Waals surface area contributed by atoms with Crippen LogP contribution in [-0.4, -0.2) is 48.8 Å². The second-order valence-electron chi connectivity index (χ2n) is 6.22. The Hall–Kier alpha value is -2.78. The van der Waals surface area contributed by atoms with E-state index in [1.165, 1.54) is 11.8 Å². The fraction of sp³-hybridized carbons (Fsp3) is 0.211. The maximum absolute atomic E-state index is 12.5. The monoisotopic (exact) mass is 410 g/mol. The van der Waals surface area contributed by atoms with Crippen LogP contribution in [0.1, 0.15) is 10.6 Å². The molecule has 2 heterocycles. The van der Waals surface area contributed by atoms with Gasteiger partial charge in [-0.05, 0) is 28.1 Å². The van der Waals surface area contributed by atoms with Crippen molar-refractivity contribution in [3.63, 3.8) is 0 Å². The molecule has 0 aliphatic carbocycles. The first-order valence-corrected chi connectivity index (χ1v) is 10.5. The van der Waals surface area contributed by atoms with Crippen LogP contribution < -0.4 is 0 Å². The van der Waals surface area contributed by atoms with E-state index in [0.29, 0.717) is 18.2 Å². The third-order valence-corrected chi connectivity index (χ3v) is 6.10. The quantitative estimate of drug-likeness (QED) is 0.436. The molecule has 0 aliphatic heterocycles. The fourth-order valence-corrected chi connectivity index (χ4v) is 4.51. The first kappa shape index (κ1) is 18.6. The number of tetrazole rings is 1. The van der Waals surface area contributed by atoms with Gasteiger partial charge in [-0.3, -0.25) is 4.79 Å². The van der Waals surface area contributed by atoms with Gasteiger partial charge in [0.2, 0.25) is 11.1 Å². The Kier molecular flexibility index (Phi) is 5.63. The number of hydrogen-bond acceptors (Lipinski definition) is 7. The Labute approximate surface area is 170 Å². The highest BCUT2D eigenvalue weighted by molar-refractivity contribution is 7.99. The van der Waals surface area contributed by atoms with E-state index in [4.69, 9.17) is 0 Å². The van der Waals surface area contributed by atoms with E-state index in [0.717, 1.165) is 20.8 Å². The molecule has 4 aromatic rings. The number of nitrogens with zero attached hydrogens (tertiary/aromatic N) is 6. The van der Waals surface area contributed by atoms with Crippen molar-refractivity contribution in [1.29, 1.82) is 0 Å². The Balaban J connectivity index is 1.34. The Morgan fingerprint density at radius 3 is 2.75 bits per heavy atom. The van der Waals surface area contributed by atoms with Crippen LogP contribution in [0.3, 0.4) is 0 Å². The highest BCUT2D eigenvalue weighted by Crippen LogP contribution is 2.23. The average Bonchev–Trinajstić information content (AvgIpc) is 3.32. The number of carbonyl (C=O) groups is 1. The van der Waals surface area contributed by atoms with Crippen LogP contribution in [0.4, 0.5) is 0 Å². The number of para-hydroxylation sites is 1. The molecule has 9 heteroatoms. The highest BCUT2D eigenvalue weighted by atomic mass is 32.2. The maximum atomic E-state index is 12.5. The van der Waals surface area contributed by atoms with Crippen LogP contribution in [0.5, 0.6) is 0 Å². The topological polar surface area (TPSA) is 76.8 Å². The molecule has 0 bridgehead atoms. The van der Waals surface area contributed by atoms with Crippen molar-refractivity contribution in [1.82, 2.24) is 30.1 Å². The zero-order valence-corrected chi connectivity index (χ0v) is 16.9. The summed E-state index contributed by atoms with van der Waals surface area (Å²) in [6, 6.07) is 18.0. The van der Waals surface area contributed by atoms with Gasteiger partial charge < -0.3 is 4.90 Å². The lowest BCUT2D eigenvalue weighted by Crippen LogP contribution is -2.27. The van der Waals surface area contributed by atoms with Crippen LogP contribution >= 0.6 is 23.1 Å². The molecule has 0 fully saturated rings. The molecule has 7 nitrogen and oxygen atoms in total. The van der Waals surface area contributed by atoms with E-state index in [2.05, 4.69) is 20.5 Å². The van der Waals surface area contributed by atoms with Gasteiger partial charge in [0.1, 0.15) is 5.01 Å². The Bertz CT molecular complexity index is 1050. The molecule has 0 saturated heterocycles. The number of thiazole rings is 1. The van der Waals surface area contributed by atoms with Crippen molar-refractivity contribution in [2.75, 3.05) is 12.8 Å². The highest BCUT2D eigenvalue weighted by Gasteiger charge is 2.15. The summed E-state index contributed by atoms with van der Waals surface area (Å²) in [5, 5.41) is 13.4. The summed E-state index contributed by atoms with van der Waals surface area (Å²) >= 11 is 2.96. The molecule has 0 saturated carbocycles. The first-order chi connectivity index (χ1) is 13.7. The van der Waals surface area contributed by atoms with E-state index < -0.39 is 0 Å². The number of carbonyl (C=O) groups excluding carboxylic acids is 1. The largest absolute Gasteiger partial charge is 0.338 e. The van der Waals surface area contributed by atoms with Gasteiger partial charge in [-0.1, -0.05) is 54.2 Å².